The summed E-state index contributed by atoms with van der Waals surface area (Å²) in [5.74, 6) is -1.42. The van der Waals surface area contributed by atoms with Crippen LogP contribution in [-0.2, 0) is 19.0 Å². The third-order valence-electron chi connectivity index (χ3n) is 4.21. The van der Waals surface area contributed by atoms with E-state index in [1.54, 1.807) is 26.8 Å². The summed E-state index contributed by atoms with van der Waals surface area (Å²) in [6, 6.07) is 2.04. The molecule has 1 aliphatic rings. The minimum Gasteiger partial charge on any atom is -0.461 e. The van der Waals surface area contributed by atoms with Crippen molar-refractivity contribution in [3.8, 4) is 0 Å². The van der Waals surface area contributed by atoms with Crippen molar-refractivity contribution in [1.82, 2.24) is 5.32 Å². The van der Waals surface area contributed by atoms with Gasteiger partial charge in [-0.05, 0) is 33.8 Å². The van der Waals surface area contributed by atoms with Gasteiger partial charge in [0.05, 0.1) is 0 Å². The molecule has 0 bridgehead atoms. The molecule has 11 nitrogen and oxygen atoms in total. The van der Waals surface area contributed by atoms with E-state index in [-0.39, 0.29) is 12.2 Å². The lowest BCUT2D eigenvalue weighted by Crippen LogP contribution is -2.46. The second-order valence-corrected chi connectivity index (χ2v) is 7.95. The zero-order valence-corrected chi connectivity index (χ0v) is 17.3. The molecule has 30 heavy (non-hydrogen) atoms. The predicted octanol–water partition coefficient (Wildman–Crippen LogP) is -0.851. The molecule has 1 aromatic rings. The number of pyridine rings is 1. The molecule has 166 valence electrons. The second-order valence-electron chi connectivity index (χ2n) is 7.95. The number of hydrogen-bond acceptors (Lipinski definition) is 8. The van der Waals surface area contributed by atoms with Gasteiger partial charge < -0.3 is 35.5 Å². The summed E-state index contributed by atoms with van der Waals surface area (Å²) in [6.07, 6.45) is -2.57. The highest BCUT2D eigenvalue weighted by atomic mass is 16.6. The number of carbonyl (C=O) groups excluding carboxylic acids is 3. The molecule has 0 spiro atoms. The molecule has 5 N–H and O–H groups in total. The van der Waals surface area contributed by atoms with Gasteiger partial charge >= 0.3 is 12.1 Å². The Morgan fingerprint density at radius 3 is 2.57 bits per heavy atom. The number of nitrogens with one attached hydrogen (secondary N) is 1. The van der Waals surface area contributed by atoms with Crippen LogP contribution in [0.1, 0.15) is 44.3 Å². The number of esters is 1. The van der Waals surface area contributed by atoms with E-state index in [0.29, 0.717) is 0 Å². The highest BCUT2D eigenvalue weighted by molar-refractivity contribution is 5.92. The Balaban J connectivity index is 1.93. The maximum atomic E-state index is 12.1. The van der Waals surface area contributed by atoms with Crippen LogP contribution in [-0.4, -0.2) is 64.7 Å². The summed E-state index contributed by atoms with van der Waals surface area (Å²) in [7, 11) is 0. The Hall–Kier alpha value is -2.76. The van der Waals surface area contributed by atoms with Crippen molar-refractivity contribution in [3.63, 3.8) is 0 Å². The molecule has 1 saturated heterocycles. The first-order valence-corrected chi connectivity index (χ1v) is 9.37. The van der Waals surface area contributed by atoms with Gasteiger partial charge in [-0.2, -0.15) is 4.57 Å². The number of hydrogen-bond donors (Lipinski definition) is 4. The van der Waals surface area contributed by atoms with Gasteiger partial charge in [-0.15, -0.1) is 0 Å². The average molecular weight is 426 g/mol. The van der Waals surface area contributed by atoms with Crippen molar-refractivity contribution in [3.05, 3.63) is 30.1 Å². The molecule has 2 heterocycles. The van der Waals surface area contributed by atoms with Crippen LogP contribution in [0, 0.1) is 0 Å². The number of primary amides is 1. The van der Waals surface area contributed by atoms with Gasteiger partial charge in [0, 0.05) is 6.07 Å². The Kier molecular flexibility index (Phi) is 7.34. The number of nitrogens with two attached hydrogens (primary N) is 1. The van der Waals surface area contributed by atoms with Crippen molar-refractivity contribution in [2.75, 3.05) is 6.61 Å². The maximum absolute atomic E-state index is 12.1. The van der Waals surface area contributed by atoms with Crippen LogP contribution in [0.5, 0.6) is 0 Å². The number of nitrogens with zero attached hydrogens (tertiary/aromatic N) is 1. The van der Waals surface area contributed by atoms with Gasteiger partial charge in [0.1, 0.15) is 36.0 Å². The fourth-order valence-corrected chi connectivity index (χ4v) is 2.74. The van der Waals surface area contributed by atoms with Crippen LogP contribution < -0.4 is 15.6 Å². The second kappa shape index (κ2) is 9.37. The topological polar surface area (TPSA) is 161 Å². The molecule has 0 aromatic carbocycles. The highest BCUT2D eigenvalue weighted by Crippen LogP contribution is 2.25. The minimum atomic E-state index is -1.35. The number of carbonyl (C=O) groups is 3. The summed E-state index contributed by atoms with van der Waals surface area (Å²) in [5.41, 5.74) is 4.72. The molecule has 2 amide bonds. The van der Waals surface area contributed by atoms with Crippen molar-refractivity contribution >= 4 is 18.0 Å². The van der Waals surface area contributed by atoms with E-state index in [0.717, 1.165) is 0 Å². The van der Waals surface area contributed by atoms with Crippen molar-refractivity contribution in [1.29, 1.82) is 0 Å². The average Bonchev–Trinajstić information content (AvgIpc) is 2.92. The maximum Gasteiger partial charge on any atom is 0.408 e. The number of ether oxygens (including phenoxy) is 3. The fraction of sp³-hybridized carbons (Fsp3) is 0.579. The van der Waals surface area contributed by atoms with E-state index >= 15 is 0 Å². The molecule has 1 aromatic heterocycles. The monoisotopic (exact) mass is 426 g/mol. The Labute approximate surface area is 173 Å². The largest absolute Gasteiger partial charge is 0.461 e. The molecule has 1 aliphatic heterocycles. The van der Waals surface area contributed by atoms with Crippen LogP contribution in [0.3, 0.4) is 0 Å². The summed E-state index contributed by atoms with van der Waals surface area (Å²) >= 11 is 0. The normalized spacial score (nSPS) is 24.7. The molecule has 0 saturated carbocycles. The number of alkyl carbamates (subject to hydrolysis) is 1. The molecule has 2 rings (SSSR count). The third-order valence-corrected chi connectivity index (χ3v) is 4.21. The lowest BCUT2D eigenvalue weighted by molar-refractivity contribution is -0.765. The number of aliphatic hydroxyl groups excluding tert-OH is 2. The van der Waals surface area contributed by atoms with Crippen molar-refractivity contribution in [2.24, 2.45) is 5.73 Å². The SMILES string of the molecule is C[C@H](NC(=O)OC(C)(C)C)C(=O)OC[C@H]1O[C@@H]([n+]2cccc(C(N)=O)c2)[C@H](O)[C@@H]1O. The molecule has 0 radical (unpaired) electrons. The zero-order valence-electron chi connectivity index (χ0n) is 17.3. The quantitative estimate of drug-likeness (QED) is 0.338. The van der Waals surface area contributed by atoms with E-state index < -0.39 is 54.2 Å². The first-order chi connectivity index (χ1) is 13.9. The van der Waals surface area contributed by atoms with Crippen LogP contribution in [0.4, 0.5) is 4.79 Å². The van der Waals surface area contributed by atoms with Crippen LogP contribution in [0.25, 0.3) is 0 Å². The van der Waals surface area contributed by atoms with E-state index in [9.17, 15) is 24.6 Å². The lowest BCUT2D eigenvalue weighted by atomic mass is 10.1. The Bertz CT molecular complexity index is 794. The summed E-state index contributed by atoms with van der Waals surface area (Å²) in [5, 5.41) is 22.9. The van der Waals surface area contributed by atoms with Gasteiger partial charge in [0.15, 0.2) is 18.5 Å². The van der Waals surface area contributed by atoms with E-state index in [1.165, 1.54) is 30.0 Å². The fourth-order valence-electron chi connectivity index (χ4n) is 2.74. The number of amides is 2. The summed E-state index contributed by atoms with van der Waals surface area (Å²) < 4.78 is 17.2. The molecular weight excluding hydrogens is 398 g/mol. The molecule has 1 fully saturated rings. The van der Waals surface area contributed by atoms with Crippen LogP contribution in [0.15, 0.2) is 24.5 Å². The first kappa shape index (κ1) is 23.5. The van der Waals surface area contributed by atoms with E-state index in [4.69, 9.17) is 19.9 Å². The first-order valence-electron chi connectivity index (χ1n) is 9.37. The summed E-state index contributed by atoms with van der Waals surface area (Å²) in [4.78, 5) is 35.2. The highest BCUT2D eigenvalue weighted by Gasteiger charge is 2.48. The Morgan fingerprint density at radius 1 is 1.30 bits per heavy atom. The summed E-state index contributed by atoms with van der Waals surface area (Å²) in [6.45, 7) is 6.12. The van der Waals surface area contributed by atoms with Gasteiger partial charge in [0.2, 0.25) is 0 Å². The van der Waals surface area contributed by atoms with Crippen molar-refractivity contribution in [2.45, 2.75) is 63.9 Å². The van der Waals surface area contributed by atoms with Gasteiger partial charge in [-0.1, -0.05) is 0 Å². The molecule has 0 unspecified atom stereocenters. The smallest absolute Gasteiger partial charge is 0.408 e. The minimum absolute atomic E-state index is 0.194. The molecular formula is C19H28N3O8+. The van der Waals surface area contributed by atoms with Crippen molar-refractivity contribution < 1.29 is 43.4 Å². The van der Waals surface area contributed by atoms with Gasteiger partial charge in [-0.3, -0.25) is 4.79 Å². The molecule has 11 heteroatoms. The van der Waals surface area contributed by atoms with Crippen LogP contribution in [0.2, 0.25) is 0 Å². The van der Waals surface area contributed by atoms with Gasteiger partial charge in [0.25, 0.3) is 12.1 Å². The van der Waals surface area contributed by atoms with Crippen LogP contribution >= 0.6 is 0 Å². The standard InChI is InChI=1S/C19H27N3O8/c1-10(21-18(27)30-19(2,3)4)17(26)28-9-12-13(23)14(24)16(29-12)22-7-5-6-11(8-22)15(20)25/h5-8,10,12-14,16,23-24H,9H2,1-4H3,(H2-,20,21,25,27)/p+1/t10-,12+,13+,14+,16+/m0/s1. The zero-order chi connectivity index (χ0) is 22.6. The number of aromatic nitrogens is 1. The Morgan fingerprint density at radius 2 is 1.97 bits per heavy atom. The van der Waals surface area contributed by atoms with E-state index in [2.05, 4.69) is 5.32 Å². The number of aliphatic hydroxyl groups is 2. The molecule has 0 aliphatic carbocycles. The number of rotatable bonds is 6. The molecule has 5 atom stereocenters. The third kappa shape index (κ3) is 6.12. The predicted molar refractivity (Wildman–Crippen MR) is 101 cm³/mol. The lowest BCUT2D eigenvalue weighted by Gasteiger charge is -2.21. The van der Waals surface area contributed by atoms with Gasteiger partial charge in [-0.25, -0.2) is 9.59 Å². The van der Waals surface area contributed by atoms with E-state index in [1.807, 2.05) is 0 Å².